The first-order valence-electron chi connectivity index (χ1n) is 6.29. The zero-order valence-electron chi connectivity index (χ0n) is 11.3. The van der Waals surface area contributed by atoms with Gasteiger partial charge in [-0.25, -0.2) is 0 Å². The third-order valence-electron chi connectivity index (χ3n) is 3.06. The van der Waals surface area contributed by atoms with E-state index in [0.717, 1.165) is 12.0 Å². The highest BCUT2D eigenvalue weighted by atomic mass is 16.1. The van der Waals surface area contributed by atoms with E-state index in [4.69, 9.17) is 5.26 Å². The summed E-state index contributed by atoms with van der Waals surface area (Å²) in [6, 6.07) is 11.4. The van der Waals surface area contributed by atoms with Gasteiger partial charge in [0.05, 0.1) is 18.0 Å². The summed E-state index contributed by atoms with van der Waals surface area (Å²) >= 11 is 0. The average Bonchev–Trinajstić information content (AvgIpc) is 2.40. The molecule has 0 heterocycles. The molecule has 2 atom stereocenters. The number of nitrogens with zero attached hydrogens (tertiary/aromatic N) is 2. The topological polar surface area (TPSA) is 44.1 Å². The van der Waals surface area contributed by atoms with Crippen molar-refractivity contribution < 1.29 is 4.79 Å². The van der Waals surface area contributed by atoms with Crippen molar-refractivity contribution in [1.82, 2.24) is 4.90 Å². The largest absolute Gasteiger partial charge is 0.295 e. The molecule has 0 radical (unpaired) electrons. The van der Waals surface area contributed by atoms with Gasteiger partial charge in [-0.1, -0.05) is 37.3 Å². The Kier molecular flexibility index (Phi) is 5.54. The Morgan fingerprint density at radius 1 is 1.39 bits per heavy atom. The van der Waals surface area contributed by atoms with Gasteiger partial charge >= 0.3 is 0 Å². The highest BCUT2D eigenvalue weighted by molar-refractivity contribution is 6.00. The molecule has 0 saturated carbocycles. The number of likely N-dealkylation sites (N-methyl/N-ethyl adjacent to an activating group) is 1. The van der Waals surface area contributed by atoms with Crippen LogP contribution in [0.4, 0.5) is 0 Å². The molecule has 0 aliphatic rings. The first-order chi connectivity index (χ1) is 8.60. The summed E-state index contributed by atoms with van der Waals surface area (Å²) < 4.78 is 0. The molecule has 0 aromatic heterocycles. The number of carbonyl (C=O) groups excluding carboxylic acids is 1. The fourth-order valence-electron chi connectivity index (χ4n) is 2.09. The fourth-order valence-corrected chi connectivity index (χ4v) is 2.09. The minimum atomic E-state index is -0.150. The molecule has 1 aromatic carbocycles. The number of rotatable bonds is 6. The van der Waals surface area contributed by atoms with Crippen molar-refractivity contribution in [3.63, 3.8) is 0 Å². The molecule has 1 aromatic rings. The molecule has 2 unspecified atom stereocenters. The fraction of sp³-hybridized carbons (Fsp3) is 0.467. The van der Waals surface area contributed by atoms with Crippen molar-refractivity contribution in [3.05, 3.63) is 35.9 Å². The molecule has 0 aliphatic carbocycles. The Labute approximate surface area is 109 Å². The van der Waals surface area contributed by atoms with Gasteiger partial charge in [0.25, 0.3) is 0 Å². The molecule has 96 valence electrons. The van der Waals surface area contributed by atoms with Crippen LogP contribution in [-0.2, 0) is 0 Å². The van der Waals surface area contributed by atoms with Gasteiger partial charge in [-0.05, 0) is 20.4 Å². The normalized spacial score (nSPS) is 13.9. The van der Waals surface area contributed by atoms with Crippen molar-refractivity contribution in [2.24, 2.45) is 5.92 Å². The smallest absolute Gasteiger partial charge is 0.179 e. The molecule has 3 nitrogen and oxygen atoms in total. The average molecular weight is 244 g/mol. The molecule has 3 heteroatoms. The molecule has 0 amide bonds. The van der Waals surface area contributed by atoms with Crippen molar-refractivity contribution in [3.8, 4) is 6.07 Å². The molecule has 1 rings (SSSR count). The Balaban J connectivity index is 2.78. The van der Waals surface area contributed by atoms with Crippen LogP contribution in [-0.4, -0.2) is 30.3 Å². The summed E-state index contributed by atoms with van der Waals surface area (Å²) in [4.78, 5) is 14.3. The van der Waals surface area contributed by atoms with Crippen LogP contribution in [0.15, 0.2) is 30.3 Å². The maximum Gasteiger partial charge on any atom is 0.179 e. The van der Waals surface area contributed by atoms with E-state index < -0.39 is 0 Å². The van der Waals surface area contributed by atoms with Gasteiger partial charge in [0.15, 0.2) is 5.78 Å². The highest BCUT2D eigenvalue weighted by Crippen LogP contribution is 2.12. The van der Waals surface area contributed by atoms with Crippen LogP contribution in [0, 0.1) is 17.2 Å². The maximum absolute atomic E-state index is 12.4. The molecular formula is C15H20N2O. The number of hydrogen-bond donors (Lipinski definition) is 0. The third kappa shape index (κ3) is 3.68. The molecule has 0 bridgehead atoms. The Bertz CT molecular complexity index is 422. The van der Waals surface area contributed by atoms with Crippen LogP contribution in [0.5, 0.6) is 0 Å². The first-order valence-corrected chi connectivity index (χ1v) is 6.29. The van der Waals surface area contributed by atoms with E-state index >= 15 is 0 Å². The summed E-state index contributed by atoms with van der Waals surface area (Å²) in [7, 11) is 1.91. The molecular weight excluding hydrogens is 224 g/mol. The van der Waals surface area contributed by atoms with Crippen LogP contribution >= 0.6 is 0 Å². The second-order valence-corrected chi connectivity index (χ2v) is 4.62. The molecule has 0 fully saturated rings. The van der Waals surface area contributed by atoms with Crippen molar-refractivity contribution in [2.75, 3.05) is 13.6 Å². The number of carbonyl (C=O) groups is 1. The lowest BCUT2D eigenvalue weighted by Crippen LogP contribution is -2.40. The summed E-state index contributed by atoms with van der Waals surface area (Å²) in [6.07, 6.45) is 0.752. The Morgan fingerprint density at radius 3 is 2.50 bits per heavy atom. The summed E-state index contributed by atoms with van der Waals surface area (Å²) in [5, 5.41) is 8.83. The Morgan fingerprint density at radius 2 is 2.00 bits per heavy atom. The number of benzene rings is 1. The van der Waals surface area contributed by atoms with E-state index in [1.54, 1.807) is 0 Å². The number of ketones is 1. The minimum absolute atomic E-state index is 0.0624. The van der Waals surface area contributed by atoms with Gasteiger partial charge in [0, 0.05) is 12.1 Å². The lowest BCUT2D eigenvalue weighted by atomic mass is 10.0. The van der Waals surface area contributed by atoms with Gasteiger partial charge in [-0.2, -0.15) is 5.26 Å². The predicted molar refractivity (Wildman–Crippen MR) is 72.3 cm³/mol. The van der Waals surface area contributed by atoms with Crippen LogP contribution in [0.25, 0.3) is 0 Å². The zero-order chi connectivity index (χ0) is 13.5. The van der Waals surface area contributed by atoms with Crippen LogP contribution in [0.1, 0.15) is 30.6 Å². The van der Waals surface area contributed by atoms with Crippen LogP contribution in [0.2, 0.25) is 0 Å². The molecule has 0 saturated heterocycles. The minimum Gasteiger partial charge on any atom is -0.295 e. The lowest BCUT2D eigenvalue weighted by molar-refractivity contribution is 0.0838. The molecule has 18 heavy (non-hydrogen) atoms. The second kappa shape index (κ2) is 6.93. The zero-order valence-corrected chi connectivity index (χ0v) is 11.3. The maximum atomic E-state index is 12.4. The number of nitriles is 1. The van der Waals surface area contributed by atoms with Crippen molar-refractivity contribution in [1.29, 1.82) is 5.26 Å². The van der Waals surface area contributed by atoms with Gasteiger partial charge in [0.1, 0.15) is 0 Å². The van der Waals surface area contributed by atoms with Gasteiger partial charge in [-0.15, -0.1) is 0 Å². The standard InChI is InChI=1S/C15H20N2O/c1-4-14(17(3)11-12(2)10-16)15(18)13-8-6-5-7-9-13/h5-9,12,14H,4,11H2,1-3H3. The first kappa shape index (κ1) is 14.4. The predicted octanol–water partition coefficient (Wildman–Crippen LogP) is 2.74. The lowest BCUT2D eigenvalue weighted by Gasteiger charge is -2.26. The van der Waals surface area contributed by atoms with Crippen molar-refractivity contribution >= 4 is 5.78 Å². The second-order valence-electron chi connectivity index (χ2n) is 4.62. The molecule has 0 spiro atoms. The quantitative estimate of drug-likeness (QED) is 0.723. The van der Waals surface area contributed by atoms with E-state index in [0.29, 0.717) is 6.54 Å². The molecule has 0 aliphatic heterocycles. The monoisotopic (exact) mass is 244 g/mol. The summed E-state index contributed by atoms with van der Waals surface area (Å²) in [5.41, 5.74) is 0.737. The van der Waals surface area contributed by atoms with Crippen molar-refractivity contribution in [2.45, 2.75) is 26.3 Å². The third-order valence-corrected chi connectivity index (χ3v) is 3.06. The van der Waals surface area contributed by atoms with E-state index in [1.165, 1.54) is 0 Å². The number of Topliss-reactive ketones (excluding diaryl/α,β-unsaturated/α-hetero) is 1. The summed E-state index contributed by atoms with van der Waals surface area (Å²) in [5.74, 6) is 0.0679. The Hall–Kier alpha value is -1.66. The SMILES string of the molecule is CCC(C(=O)c1ccccc1)N(C)CC(C)C#N. The number of hydrogen-bond acceptors (Lipinski definition) is 3. The van der Waals surface area contributed by atoms with E-state index in [1.807, 2.05) is 56.1 Å². The van der Waals surface area contributed by atoms with Crippen LogP contribution < -0.4 is 0 Å². The van der Waals surface area contributed by atoms with Gasteiger partial charge < -0.3 is 0 Å². The van der Waals surface area contributed by atoms with Crippen LogP contribution in [0.3, 0.4) is 0 Å². The molecule has 0 N–H and O–H groups in total. The summed E-state index contributed by atoms with van der Waals surface area (Å²) in [6.45, 7) is 4.49. The van der Waals surface area contributed by atoms with Gasteiger partial charge in [-0.3, -0.25) is 9.69 Å². The highest BCUT2D eigenvalue weighted by Gasteiger charge is 2.23. The van der Waals surface area contributed by atoms with E-state index in [2.05, 4.69) is 6.07 Å². The van der Waals surface area contributed by atoms with E-state index in [-0.39, 0.29) is 17.7 Å². The van der Waals surface area contributed by atoms with Gasteiger partial charge in [0.2, 0.25) is 0 Å². The van der Waals surface area contributed by atoms with E-state index in [9.17, 15) is 4.79 Å².